The lowest BCUT2D eigenvalue weighted by Crippen LogP contribution is -2.40. The van der Waals surface area contributed by atoms with Gasteiger partial charge in [0.25, 0.3) is 0 Å². The zero-order valence-electron chi connectivity index (χ0n) is 14.6. The third-order valence-electron chi connectivity index (χ3n) is 4.44. The molecule has 0 unspecified atom stereocenters. The van der Waals surface area contributed by atoms with E-state index in [1.807, 2.05) is 25.4 Å². The van der Waals surface area contributed by atoms with Crippen molar-refractivity contribution in [1.29, 1.82) is 0 Å². The Morgan fingerprint density at radius 2 is 2.04 bits per heavy atom. The van der Waals surface area contributed by atoms with E-state index in [9.17, 15) is 0 Å². The molecule has 1 aromatic rings. The molecule has 23 heavy (non-hydrogen) atoms. The minimum absolute atomic E-state index is 0.848. The van der Waals surface area contributed by atoms with Gasteiger partial charge in [-0.1, -0.05) is 13.0 Å². The van der Waals surface area contributed by atoms with E-state index in [1.165, 1.54) is 32.5 Å². The first-order valence-corrected chi connectivity index (χ1v) is 8.84. The van der Waals surface area contributed by atoms with Crippen LogP contribution in [0.3, 0.4) is 0 Å². The second-order valence-electron chi connectivity index (χ2n) is 6.37. The summed E-state index contributed by atoms with van der Waals surface area (Å²) in [7, 11) is 1.82. The lowest BCUT2D eigenvalue weighted by atomic mass is 9.99. The predicted octanol–water partition coefficient (Wildman–Crippen LogP) is 1.91. The molecular formula is C18H31N5. The largest absolute Gasteiger partial charge is 0.356 e. The number of aliphatic imine (C=N–C) groups is 1. The van der Waals surface area contributed by atoms with Gasteiger partial charge in [-0.15, -0.1) is 0 Å². The molecule has 5 nitrogen and oxygen atoms in total. The number of hydrogen-bond acceptors (Lipinski definition) is 3. The van der Waals surface area contributed by atoms with E-state index < -0.39 is 0 Å². The smallest absolute Gasteiger partial charge is 0.190 e. The number of guanidine groups is 1. The Morgan fingerprint density at radius 3 is 2.74 bits per heavy atom. The standard InChI is InChI=1S/C18H31N5/c1-16-8-14-23(15-9-16)13-5-11-21-18(19-2)22-12-7-17-6-3-4-10-20-17/h3-4,6,10,16H,5,7-9,11-15H2,1-2H3,(H2,19,21,22). The van der Waals surface area contributed by atoms with Gasteiger partial charge in [-0.2, -0.15) is 0 Å². The second kappa shape index (κ2) is 10.2. The van der Waals surface area contributed by atoms with Gasteiger partial charge in [0.1, 0.15) is 0 Å². The van der Waals surface area contributed by atoms with Gasteiger partial charge in [-0.3, -0.25) is 9.98 Å². The van der Waals surface area contributed by atoms with Crippen LogP contribution in [0.2, 0.25) is 0 Å². The Morgan fingerprint density at radius 1 is 1.26 bits per heavy atom. The molecule has 0 aliphatic carbocycles. The molecule has 5 heteroatoms. The maximum Gasteiger partial charge on any atom is 0.190 e. The average molecular weight is 317 g/mol. The number of hydrogen-bond donors (Lipinski definition) is 2. The molecule has 0 amide bonds. The van der Waals surface area contributed by atoms with Crippen molar-refractivity contribution >= 4 is 5.96 Å². The van der Waals surface area contributed by atoms with Crippen molar-refractivity contribution in [2.45, 2.75) is 32.6 Å². The van der Waals surface area contributed by atoms with Crippen LogP contribution in [0.25, 0.3) is 0 Å². The van der Waals surface area contributed by atoms with Gasteiger partial charge in [-0.05, 0) is 56.9 Å². The maximum absolute atomic E-state index is 4.33. The van der Waals surface area contributed by atoms with Crippen LogP contribution < -0.4 is 10.6 Å². The van der Waals surface area contributed by atoms with Crippen molar-refractivity contribution in [2.75, 3.05) is 39.8 Å². The van der Waals surface area contributed by atoms with Gasteiger partial charge in [0, 0.05) is 38.4 Å². The van der Waals surface area contributed by atoms with Crippen LogP contribution >= 0.6 is 0 Å². The molecule has 128 valence electrons. The highest BCUT2D eigenvalue weighted by atomic mass is 15.2. The summed E-state index contributed by atoms with van der Waals surface area (Å²) in [4.78, 5) is 11.2. The first-order chi connectivity index (χ1) is 11.3. The van der Waals surface area contributed by atoms with Gasteiger partial charge in [0.15, 0.2) is 5.96 Å². The van der Waals surface area contributed by atoms with Crippen LogP contribution in [0.15, 0.2) is 29.4 Å². The Balaban J connectivity index is 1.54. The Kier molecular flexibility index (Phi) is 7.87. The fraction of sp³-hybridized carbons (Fsp3) is 0.667. The monoisotopic (exact) mass is 317 g/mol. The van der Waals surface area contributed by atoms with E-state index in [0.717, 1.165) is 43.5 Å². The number of pyridine rings is 1. The first-order valence-electron chi connectivity index (χ1n) is 8.84. The number of rotatable bonds is 7. The van der Waals surface area contributed by atoms with E-state index in [1.54, 1.807) is 0 Å². The van der Waals surface area contributed by atoms with Crippen LogP contribution in [0.1, 0.15) is 31.9 Å². The highest BCUT2D eigenvalue weighted by molar-refractivity contribution is 5.79. The lowest BCUT2D eigenvalue weighted by Gasteiger charge is -2.30. The van der Waals surface area contributed by atoms with Crippen LogP contribution in [0.5, 0.6) is 0 Å². The normalized spacial score (nSPS) is 17.2. The summed E-state index contributed by atoms with van der Waals surface area (Å²) in [6, 6.07) is 6.02. The second-order valence-corrected chi connectivity index (χ2v) is 6.37. The number of nitrogens with one attached hydrogen (secondary N) is 2. The Labute approximate surface area is 140 Å². The average Bonchev–Trinajstić information content (AvgIpc) is 2.59. The molecule has 2 N–H and O–H groups in total. The zero-order valence-corrected chi connectivity index (χ0v) is 14.6. The summed E-state index contributed by atoms with van der Waals surface area (Å²) < 4.78 is 0. The van der Waals surface area contributed by atoms with E-state index in [0.29, 0.717) is 0 Å². The number of likely N-dealkylation sites (tertiary alicyclic amines) is 1. The highest BCUT2D eigenvalue weighted by Gasteiger charge is 2.14. The summed E-state index contributed by atoms with van der Waals surface area (Å²) >= 11 is 0. The molecule has 2 heterocycles. The van der Waals surface area contributed by atoms with Gasteiger partial charge in [-0.25, -0.2) is 0 Å². The lowest BCUT2D eigenvalue weighted by molar-refractivity contribution is 0.191. The van der Waals surface area contributed by atoms with E-state index in [2.05, 4.69) is 38.5 Å². The van der Waals surface area contributed by atoms with E-state index in [4.69, 9.17) is 0 Å². The Hall–Kier alpha value is -1.62. The molecule has 0 radical (unpaired) electrons. The first kappa shape index (κ1) is 17.7. The SMILES string of the molecule is CN=C(NCCCN1CCC(C)CC1)NCCc1ccccn1. The van der Waals surface area contributed by atoms with Crippen molar-refractivity contribution in [3.63, 3.8) is 0 Å². The molecule has 1 saturated heterocycles. The fourth-order valence-corrected chi connectivity index (χ4v) is 2.87. The molecule has 1 aromatic heterocycles. The number of aromatic nitrogens is 1. The molecule has 0 aromatic carbocycles. The topological polar surface area (TPSA) is 52.6 Å². The molecule has 1 aliphatic heterocycles. The van der Waals surface area contributed by atoms with Gasteiger partial charge >= 0.3 is 0 Å². The maximum atomic E-state index is 4.33. The molecule has 1 fully saturated rings. The van der Waals surface area contributed by atoms with Crippen molar-refractivity contribution in [1.82, 2.24) is 20.5 Å². The molecule has 0 bridgehead atoms. The minimum atomic E-state index is 0.848. The molecule has 0 atom stereocenters. The summed E-state index contributed by atoms with van der Waals surface area (Å²) in [5, 5.41) is 6.74. The Bertz CT molecular complexity index is 452. The highest BCUT2D eigenvalue weighted by Crippen LogP contribution is 2.15. The van der Waals surface area contributed by atoms with Crippen molar-refractivity contribution < 1.29 is 0 Å². The van der Waals surface area contributed by atoms with Crippen molar-refractivity contribution in [2.24, 2.45) is 10.9 Å². The molecule has 0 spiro atoms. The predicted molar refractivity (Wildman–Crippen MR) is 96.8 cm³/mol. The third kappa shape index (κ3) is 6.99. The fourth-order valence-electron chi connectivity index (χ4n) is 2.87. The van der Waals surface area contributed by atoms with Crippen LogP contribution in [0.4, 0.5) is 0 Å². The van der Waals surface area contributed by atoms with Gasteiger partial charge in [0.2, 0.25) is 0 Å². The molecule has 1 aliphatic rings. The zero-order chi connectivity index (χ0) is 16.3. The molecular weight excluding hydrogens is 286 g/mol. The van der Waals surface area contributed by atoms with Crippen molar-refractivity contribution in [3.8, 4) is 0 Å². The van der Waals surface area contributed by atoms with Gasteiger partial charge < -0.3 is 15.5 Å². The summed E-state index contributed by atoms with van der Waals surface area (Å²) in [5.41, 5.74) is 1.11. The van der Waals surface area contributed by atoms with E-state index in [-0.39, 0.29) is 0 Å². The quantitative estimate of drug-likeness (QED) is 0.458. The molecule has 2 rings (SSSR count). The van der Waals surface area contributed by atoms with Crippen LogP contribution in [-0.2, 0) is 6.42 Å². The summed E-state index contributed by atoms with van der Waals surface area (Å²) in [5.74, 6) is 1.79. The minimum Gasteiger partial charge on any atom is -0.356 e. The van der Waals surface area contributed by atoms with Gasteiger partial charge in [0.05, 0.1) is 0 Å². The molecule has 0 saturated carbocycles. The third-order valence-corrected chi connectivity index (χ3v) is 4.44. The van der Waals surface area contributed by atoms with Crippen LogP contribution in [0, 0.1) is 5.92 Å². The summed E-state index contributed by atoms with van der Waals surface area (Å²) in [6.07, 6.45) is 6.61. The number of piperidine rings is 1. The van der Waals surface area contributed by atoms with Crippen molar-refractivity contribution in [3.05, 3.63) is 30.1 Å². The van der Waals surface area contributed by atoms with E-state index >= 15 is 0 Å². The summed E-state index contributed by atoms with van der Waals surface area (Å²) in [6.45, 7) is 7.89. The van der Waals surface area contributed by atoms with Crippen LogP contribution in [-0.4, -0.2) is 55.6 Å². The number of nitrogens with zero attached hydrogens (tertiary/aromatic N) is 3.